The molecule has 98 valence electrons. The monoisotopic (exact) mass is 258 g/mol. The van der Waals surface area contributed by atoms with Crippen molar-refractivity contribution in [1.82, 2.24) is 0 Å². The number of carbonyl (C=O) groups excluding carboxylic acids is 1. The van der Waals surface area contributed by atoms with Crippen molar-refractivity contribution in [3.05, 3.63) is 0 Å². The molecular formula is C14H23ClO2. The maximum atomic E-state index is 11.4. The Bertz CT molecular complexity index is 249. The number of rotatable bonds is 3. The van der Waals surface area contributed by atoms with Crippen molar-refractivity contribution in [2.24, 2.45) is 11.8 Å². The van der Waals surface area contributed by atoms with Gasteiger partial charge in [0.2, 0.25) is 0 Å². The zero-order chi connectivity index (χ0) is 12.1. The van der Waals surface area contributed by atoms with Gasteiger partial charge in [-0.1, -0.05) is 38.5 Å². The van der Waals surface area contributed by atoms with E-state index in [4.69, 9.17) is 16.3 Å². The summed E-state index contributed by atoms with van der Waals surface area (Å²) in [4.78, 5) is 11.4. The van der Waals surface area contributed by atoms with Crippen LogP contribution in [-0.4, -0.2) is 18.0 Å². The number of ether oxygens (including phenoxy) is 1. The molecule has 0 amide bonds. The Morgan fingerprint density at radius 2 is 1.65 bits per heavy atom. The van der Waals surface area contributed by atoms with E-state index in [-0.39, 0.29) is 18.0 Å². The maximum absolute atomic E-state index is 11.4. The van der Waals surface area contributed by atoms with E-state index in [2.05, 4.69) is 0 Å². The Morgan fingerprint density at radius 3 is 2.35 bits per heavy atom. The van der Waals surface area contributed by atoms with Crippen LogP contribution in [0.2, 0.25) is 0 Å². The van der Waals surface area contributed by atoms with Crippen molar-refractivity contribution in [3.8, 4) is 0 Å². The molecule has 0 aromatic heterocycles. The summed E-state index contributed by atoms with van der Waals surface area (Å²) in [5.41, 5.74) is 0. The van der Waals surface area contributed by atoms with Crippen LogP contribution in [0.1, 0.15) is 57.8 Å². The van der Waals surface area contributed by atoms with Gasteiger partial charge in [-0.3, -0.25) is 4.79 Å². The van der Waals surface area contributed by atoms with Gasteiger partial charge in [0.15, 0.2) is 0 Å². The van der Waals surface area contributed by atoms with E-state index >= 15 is 0 Å². The molecule has 2 atom stereocenters. The standard InChI is InChI=1S/C14H23ClO2/c15-10-14(16)17-13-9-5-4-8-12(13)11-6-2-1-3-7-11/h11-13H,1-10H2/t12-,13+/m1/s1. The fourth-order valence-electron chi connectivity index (χ4n) is 3.57. The zero-order valence-electron chi connectivity index (χ0n) is 10.5. The summed E-state index contributed by atoms with van der Waals surface area (Å²) in [6.07, 6.45) is 11.7. The number of hydrogen-bond acceptors (Lipinski definition) is 2. The summed E-state index contributed by atoms with van der Waals surface area (Å²) in [5.74, 6) is 1.15. The Labute approximate surface area is 109 Å². The number of esters is 1. The molecule has 17 heavy (non-hydrogen) atoms. The molecule has 0 unspecified atom stereocenters. The summed E-state index contributed by atoms with van der Waals surface area (Å²) in [6.45, 7) is 0. The first-order chi connectivity index (χ1) is 8.31. The van der Waals surface area contributed by atoms with E-state index in [0.29, 0.717) is 5.92 Å². The molecule has 2 rings (SSSR count). The quantitative estimate of drug-likeness (QED) is 0.567. The lowest BCUT2D eigenvalue weighted by Crippen LogP contribution is -2.36. The smallest absolute Gasteiger partial charge is 0.321 e. The van der Waals surface area contributed by atoms with E-state index in [0.717, 1.165) is 12.3 Å². The van der Waals surface area contributed by atoms with Crippen LogP contribution >= 0.6 is 11.6 Å². The second-order valence-corrected chi connectivity index (χ2v) is 5.78. The van der Waals surface area contributed by atoms with Gasteiger partial charge in [0.25, 0.3) is 0 Å². The van der Waals surface area contributed by atoms with Gasteiger partial charge in [0.05, 0.1) is 0 Å². The molecule has 0 bridgehead atoms. The highest BCUT2D eigenvalue weighted by atomic mass is 35.5. The molecule has 2 nitrogen and oxygen atoms in total. The van der Waals surface area contributed by atoms with Crippen LogP contribution < -0.4 is 0 Å². The van der Waals surface area contributed by atoms with Crippen molar-refractivity contribution in [2.75, 3.05) is 5.88 Å². The normalized spacial score (nSPS) is 31.1. The molecule has 0 heterocycles. The van der Waals surface area contributed by atoms with Crippen LogP contribution in [-0.2, 0) is 9.53 Å². The summed E-state index contributed by atoms with van der Waals surface area (Å²) in [6, 6.07) is 0. The Balaban J connectivity index is 1.93. The molecule has 2 saturated carbocycles. The van der Waals surface area contributed by atoms with Crippen LogP contribution in [0.3, 0.4) is 0 Å². The van der Waals surface area contributed by atoms with Crippen LogP contribution in [0.4, 0.5) is 0 Å². The molecule has 0 radical (unpaired) electrons. The number of carbonyl (C=O) groups is 1. The second kappa shape index (κ2) is 6.63. The Hall–Kier alpha value is -0.240. The maximum Gasteiger partial charge on any atom is 0.321 e. The average Bonchev–Trinajstić information content (AvgIpc) is 2.40. The van der Waals surface area contributed by atoms with Gasteiger partial charge in [-0.2, -0.15) is 0 Å². The van der Waals surface area contributed by atoms with Gasteiger partial charge in [-0.05, 0) is 31.1 Å². The Morgan fingerprint density at radius 1 is 1.00 bits per heavy atom. The minimum atomic E-state index is -0.237. The van der Waals surface area contributed by atoms with Crippen LogP contribution in [0.15, 0.2) is 0 Å². The van der Waals surface area contributed by atoms with Crippen molar-refractivity contribution in [2.45, 2.75) is 63.9 Å². The topological polar surface area (TPSA) is 26.3 Å². The lowest BCUT2D eigenvalue weighted by atomic mass is 9.72. The molecule has 2 aliphatic rings. The van der Waals surface area contributed by atoms with E-state index in [9.17, 15) is 4.79 Å². The van der Waals surface area contributed by atoms with Crippen LogP contribution in [0, 0.1) is 11.8 Å². The van der Waals surface area contributed by atoms with Crippen molar-refractivity contribution in [3.63, 3.8) is 0 Å². The molecule has 2 aliphatic carbocycles. The predicted molar refractivity (Wildman–Crippen MR) is 69.1 cm³/mol. The highest BCUT2D eigenvalue weighted by Gasteiger charge is 2.34. The van der Waals surface area contributed by atoms with Crippen LogP contribution in [0.5, 0.6) is 0 Å². The number of alkyl halides is 1. The fraction of sp³-hybridized carbons (Fsp3) is 0.929. The second-order valence-electron chi connectivity index (χ2n) is 5.51. The third kappa shape index (κ3) is 3.61. The minimum absolute atomic E-state index is 0.00606. The van der Waals surface area contributed by atoms with Crippen molar-refractivity contribution < 1.29 is 9.53 Å². The first-order valence-corrected chi connectivity index (χ1v) is 7.60. The minimum Gasteiger partial charge on any atom is -0.461 e. The largest absolute Gasteiger partial charge is 0.461 e. The number of halogens is 1. The summed E-state index contributed by atoms with van der Waals surface area (Å²) in [5, 5.41) is 0. The van der Waals surface area contributed by atoms with Gasteiger partial charge in [0.1, 0.15) is 12.0 Å². The summed E-state index contributed by atoms with van der Waals surface area (Å²) < 4.78 is 5.54. The summed E-state index contributed by atoms with van der Waals surface area (Å²) in [7, 11) is 0. The molecule has 3 heteroatoms. The molecule has 0 aromatic carbocycles. The van der Waals surface area contributed by atoms with E-state index in [1.54, 1.807) is 0 Å². The van der Waals surface area contributed by atoms with Gasteiger partial charge >= 0.3 is 5.97 Å². The van der Waals surface area contributed by atoms with Gasteiger partial charge in [-0.15, -0.1) is 11.6 Å². The molecule has 0 aromatic rings. The molecular weight excluding hydrogens is 236 g/mol. The van der Waals surface area contributed by atoms with Crippen LogP contribution in [0.25, 0.3) is 0 Å². The molecule has 0 spiro atoms. The van der Waals surface area contributed by atoms with Crippen molar-refractivity contribution >= 4 is 17.6 Å². The first-order valence-electron chi connectivity index (χ1n) is 7.06. The Kier molecular flexibility index (Phi) is 5.15. The molecule has 0 aliphatic heterocycles. The third-order valence-corrected chi connectivity index (χ3v) is 4.62. The zero-order valence-corrected chi connectivity index (χ0v) is 11.3. The third-order valence-electron chi connectivity index (χ3n) is 4.40. The predicted octanol–water partition coefficient (Wildman–Crippen LogP) is 3.91. The van der Waals surface area contributed by atoms with E-state index < -0.39 is 0 Å². The van der Waals surface area contributed by atoms with Gasteiger partial charge in [0, 0.05) is 0 Å². The lowest BCUT2D eigenvalue weighted by molar-refractivity contribution is -0.152. The highest BCUT2D eigenvalue weighted by molar-refractivity contribution is 6.26. The van der Waals surface area contributed by atoms with Gasteiger partial charge < -0.3 is 4.74 Å². The van der Waals surface area contributed by atoms with Crippen molar-refractivity contribution in [1.29, 1.82) is 0 Å². The average molecular weight is 259 g/mol. The van der Waals surface area contributed by atoms with Gasteiger partial charge in [-0.25, -0.2) is 0 Å². The molecule has 0 N–H and O–H groups in total. The fourth-order valence-corrected chi connectivity index (χ4v) is 3.64. The molecule has 2 fully saturated rings. The number of hydrogen-bond donors (Lipinski definition) is 0. The highest BCUT2D eigenvalue weighted by Crippen LogP contribution is 2.39. The summed E-state index contributed by atoms with van der Waals surface area (Å²) >= 11 is 5.53. The first kappa shape index (κ1) is 13.2. The lowest BCUT2D eigenvalue weighted by Gasteiger charge is -2.38. The molecule has 0 saturated heterocycles. The van der Waals surface area contributed by atoms with E-state index in [1.165, 1.54) is 51.4 Å². The van der Waals surface area contributed by atoms with E-state index in [1.807, 2.05) is 0 Å². The SMILES string of the molecule is O=C(CCl)O[C@H]1CCCC[C@@H]1C1CCCCC1.